The van der Waals surface area contributed by atoms with Crippen LogP contribution in [0, 0.1) is 28.6 Å². The van der Waals surface area contributed by atoms with Crippen LogP contribution in [0.3, 0.4) is 0 Å². The Kier molecular flexibility index (Phi) is 4.93. The SMILES string of the molecule is N#CC1(C#N)[C@H](c2ccccc2Br)[C@H](C(=O)c2ccccc2)[C@@H]2C=Cc3ccccc3N21. The Morgan fingerprint density at radius 3 is 2.28 bits per heavy atom. The van der Waals surface area contributed by atoms with Gasteiger partial charge in [-0.3, -0.25) is 4.79 Å². The molecule has 0 amide bonds. The Labute approximate surface area is 195 Å². The molecule has 3 aromatic carbocycles. The number of carbonyl (C=O) groups is 1. The Balaban J connectivity index is 1.80. The number of ketones is 1. The zero-order valence-electron chi connectivity index (χ0n) is 17.0. The van der Waals surface area contributed by atoms with E-state index in [1.165, 1.54) is 0 Å². The average molecular weight is 480 g/mol. The lowest BCUT2D eigenvalue weighted by Gasteiger charge is -2.37. The van der Waals surface area contributed by atoms with Crippen molar-refractivity contribution >= 4 is 33.5 Å². The van der Waals surface area contributed by atoms with Gasteiger partial charge in [-0.15, -0.1) is 0 Å². The van der Waals surface area contributed by atoms with Crippen LogP contribution in [0.5, 0.6) is 0 Å². The molecule has 1 saturated heterocycles. The number of halogens is 1. The van der Waals surface area contributed by atoms with Gasteiger partial charge in [0, 0.05) is 21.6 Å². The van der Waals surface area contributed by atoms with E-state index in [1.807, 2.05) is 83.8 Å². The van der Waals surface area contributed by atoms with Crippen molar-refractivity contribution in [2.75, 3.05) is 4.90 Å². The minimum atomic E-state index is -1.55. The molecule has 2 aliphatic rings. The lowest BCUT2D eigenvalue weighted by molar-refractivity contribution is 0.0906. The van der Waals surface area contributed by atoms with E-state index in [0.717, 1.165) is 21.3 Å². The second kappa shape index (κ2) is 7.79. The molecule has 0 aromatic heterocycles. The van der Waals surface area contributed by atoms with Crippen LogP contribution >= 0.6 is 15.9 Å². The summed E-state index contributed by atoms with van der Waals surface area (Å²) in [6.07, 6.45) is 3.96. The van der Waals surface area contributed by atoms with Crippen LogP contribution in [0.25, 0.3) is 6.08 Å². The van der Waals surface area contributed by atoms with E-state index < -0.39 is 23.4 Å². The zero-order chi connectivity index (χ0) is 22.3. The molecule has 0 N–H and O–H groups in total. The molecular weight excluding hydrogens is 462 g/mol. The first kappa shape index (κ1) is 20.2. The highest BCUT2D eigenvalue weighted by molar-refractivity contribution is 9.10. The molecule has 5 heteroatoms. The van der Waals surface area contributed by atoms with Gasteiger partial charge >= 0.3 is 0 Å². The molecule has 0 aliphatic carbocycles. The van der Waals surface area contributed by atoms with Crippen molar-refractivity contribution in [3.8, 4) is 12.1 Å². The molecule has 0 radical (unpaired) electrons. The molecule has 154 valence electrons. The van der Waals surface area contributed by atoms with Gasteiger partial charge in [0.1, 0.15) is 12.1 Å². The molecule has 3 aromatic rings. The number of para-hydroxylation sites is 1. The number of nitriles is 2. The molecule has 4 nitrogen and oxygen atoms in total. The van der Waals surface area contributed by atoms with Crippen molar-refractivity contribution in [2.45, 2.75) is 17.5 Å². The van der Waals surface area contributed by atoms with E-state index in [1.54, 1.807) is 12.1 Å². The van der Waals surface area contributed by atoms with Crippen molar-refractivity contribution in [1.82, 2.24) is 0 Å². The molecule has 5 rings (SSSR count). The first-order valence-electron chi connectivity index (χ1n) is 10.3. The van der Waals surface area contributed by atoms with Gasteiger partial charge in [0.15, 0.2) is 5.78 Å². The predicted octanol–water partition coefficient (Wildman–Crippen LogP) is 5.73. The van der Waals surface area contributed by atoms with Crippen LogP contribution < -0.4 is 4.90 Å². The van der Waals surface area contributed by atoms with E-state index >= 15 is 0 Å². The largest absolute Gasteiger partial charge is 0.333 e. The van der Waals surface area contributed by atoms with E-state index in [-0.39, 0.29) is 5.78 Å². The van der Waals surface area contributed by atoms with Crippen LogP contribution in [0.2, 0.25) is 0 Å². The van der Waals surface area contributed by atoms with Crippen molar-refractivity contribution in [1.29, 1.82) is 10.5 Å². The van der Waals surface area contributed by atoms with Crippen LogP contribution in [-0.4, -0.2) is 17.4 Å². The molecule has 0 spiro atoms. The summed E-state index contributed by atoms with van der Waals surface area (Å²) in [7, 11) is 0. The first-order valence-corrected chi connectivity index (χ1v) is 11.1. The normalized spacial score (nSPS) is 22.3. The van der Waals surface area contributed by atoms with Crippen molar-refractivity contribution in [2.24, 2.45) is 5.92 Å². The highest BCUT2D eigenvalue weighted by Crippen LogP contribution is 2.55. The lowest BCUT2D eigenvalue weighted by atomic mass is 9.72. The van der Waals surface area contributed by atoms with E-state index in [4.69, 9.17) is 0 Å². The van der Waals surface area contributed by atoms with Gasteiger partial charge in [-0.25, -0.2) is 0 Å². The first-order chi connectivity index (χ1) is 15.6. The molecule has 0 saturated carbocycles. The maximum absolute atomic E-state index is 13.9. The number of Topliss-reactive ketones (excluding diaryl/α,β-unsaturated/α-hetero) is 1. The van der Waals surface area contributed by atoms with Gasteiger partial charge in [-0.05, 0) is 23.3 Å². The molecule has 0 bridgehead atoms. The lowest BCUT2D eigenvalue weighted by Crippen LogP contribution is -2.48. The maximum atomic E-state index is 13.9. The summed E-state index contributed by atoms with van der Waals surface area (Å²) in [6, 6.07) is 28.6. The molecule has 1 fully saturated rings. The minimum absolute atomic E-state index is 0.0715. The Morgan fingerprint density at radius 2 is 1.56 bits per heavy atom. The van der Waals surface area contributed by atoms with Gasteiger partial charge in [0.05, 0.1) is 12.0 Å². The minimum Gasteiger partial charge on any atom is -0.333 e. The highest BCUT2D eigenvalue weighted by Gasteiger charge is 2.63. The number of benzene rings is 3. The average Bonchev–Trinajstić information content (AvgIpc) is 3.15. The van der Waals surface area contributed by atoms with Crippen molar-refractivity contribution in [3.05, 3.63) is 106 Å². The predicted molar refractivity (Wildman–Crippen MR) is 127 cm³/mol. The van der Waals surface area contributed by atoms with Crippen LogP contribution in [-0.2, 0) is 0 Å². The second-order valence-corrected chi connectivity index (χ2v) is 8.88. The smallest absolute Gasteiger partial charge is 0.223 e. The van der Waals surface area contributed by atoms with E-state index in [9.17, 15) is 15.3 Å². The van der Waals surface area contributed by atoms with Gasteiger partial charge < -0.3 is 4.90 Å². The fourth-order valence-electron chi connectivity index (χ4n) is 5.13. The summed E-state index contributed by atoms with van der Waals surface area (Å²) in [5, 5.41) is 21.0. The molecular formula is C27H18BrN3O. The van der Waals surface area contributed by atoms with Crippen LogP contribution in [0.4, 0.5) is 5.69 Å². The van der Waals surface area contributed by atoms with E-state index in [0.29, 0.717) is 5.56 Å². The summed E-state index contributed by atoms with van der Waals surface area (Å²) in [6.45, 7) is 0. The topological polar surface area (TPSA) is 67.9 Å². The third kappa shape index (κ3) is 2.83. The number of rotatable bonds is 3. The molecule has 2 aliphatic heterocycles. The Bertz CT molecular complexity index is 1300. The van der Waals surface area contributed by atoms with Gasteiger partial charge in [-0.2, -0.15) is 10.5 Å². The number of anilines is 1. The van der Waals surface area contributed by atoms with Crippen molar-refractivity contribution < 1.29 is 4.79 Å². The number of hydrogen-bond donors (Lipinski definition) is 0. The zero-order valence-corrected chi connectivity index (χ0v) is 18.6. The van der Waals surface area contributed by atoms with Crippen LogP contribution in [0.1, 0.15) is 27.4 Å². The third-order valence-corrected chi connectivity index (χ3v) is 7.19. The Morgan fingerprint density at radius 1 is 0.906 bits per heavy atom. The number of nitrogens with zero attached hydrogens (tertiary/aromatic N) is 3. The third-order valence-electron chi connectivity index (χ3n) is 6.47. The summed E-state index contributed by atoms with van der Waals surface area (Å²) in [5.74, 6) is -1.33. The molecule has 3 atom stereocenters. The number of fused-ring (bicyclic) bond motifs is 3. The quantitative estimate of drug-likeness (QED) is 0.449. The van der Waals surface area contributed by atoms with Gasteiger partial charge in [0.25, 0.3) is 0 Å². The highest BCUT2D eigenvalue weighted by atomic mass is 79.9. The number of carbonyl (C=O) groups excluding carboxylic acids is 1. The number of hydrogen-bond acceptors (Lipinski definition) is 4. The standard InChI is InChI=1S/C27H18BrN3O/c28-21-12-6-5-11-20(21)25-24(26(32)19-9-2-1-3-10-19)23-15-14-18-8-4-7-13-22(18)31(23)27(25,16-29)17-30/h1-15,23-25H/t23-,24+,25+/m0/s1. The van der Waals surface area contributed by atoms with E-state index in [2.05, 4.69) is 28.1 Å². The molecule has 32 heavy (non-hydrogen) atoms. The second-order valence-electron chi connectivity index (χ2n) is 8.02. The molecule has 2 heterocycles. The summed E-state index contributed by atoms with van der Waals surface area (Å²) < 4.78 is 0.780. The van der Waals surface area contributed by atoms with Gasteiger partial charge in [-0.1, -0.05) is 94.8 Å². The molecule has 0 unspecified atom stereocenters. The summed E-state index contributed by atoms with van der Waals surface area (Å²) in [4.78, 5) is 15.8. The maximum Gasteiger partial charge on any atom is 0.223 e. The fourth-order valence-corrected chi connectivity index (χ4v) is 5.66. The monoisotopic (exact) mass is 479 g/mol. The summed E-state index contributed by atoms with van der Waals surface area (Å²) >= 11 is 3.61. The Hall–Kier alpha value is -3.67. The van der Waals surface area contributed by atoms with Gasteiger partial charge in [0.2, 0.25) is 5.54 Å². The van der Waals surface area contributed by atoms with Crippen molar-refractivity contribution in [3.63, 3.8) is 0 Å². The fraction of sp³-hybridized carbons (Fsp3) is 0.148. The summed E-state index contributed by atoms with van der Waals surface area (Å²) in [5.41, 5.74) is 1.53. The van der Waals surface area contributed by atoms with Crippen LogP contribution in [0.15, 0.2) is 89.4 Å².